The molecule has 0 spiro atoms. The number of fused-ring (bicyclic) bond motifs is 1. The van der Waals surface area contributed by atoms with Crippen molar-refractivity contribution in [3.8, 4) is 0 Å². The number of alkyl carbamates (subject to hydrolysis) is 1. The van der Waals surface area contributed by atoms with Crippen molar-refractivity contribution in [3.05, 3.63) is 57.3 Å². The van der Waals surface area contributed by atoms with E-state index in [4.69, 9.17) is 9.47 Å². The fourth-order valence-corrected chi connectivity index (χ4v) is 3.90. The first-order chi connectivity index (χ1) is 14.2. The number of hydrogen-bond acceptors (Lipinski definition) is 6. The number of carbonyl (C=O) groups is 3. The number of benzene rings is 1. The summed E-state index contributed by atoms with van der Waals surface area (Å²) in [7, 11) is 0. The van der Waals surface area contributed by atoms with Crippen molar-refractivity contribution in [2.24, 2.45) is 0 Å². The third-order valence-corrected chi connectivity index (χ3v) is 5.54. The van der Waals surface area contributed by atoms with Crippen LogP contribution in [0.3, 0.4) is 0 Å². The number of hydrogen-bond donors (Lipinski definition) is 1. The third-order valence-electron chi connectivity index (χ3n) is 4.51. The molecule has 160 valence electrons. The Morgan fingerprint density at radius 3 is 2.57 bits per heavy atom. The molecular weight excluding hydrogens is 404 g/mol. The average molecular weight is 431 g/mol. The van der Waals surface area contributed by atoms with E-state index in [1.54, 1.807) is 61.3 Å². The van der Waals surface area contributed by atoms with Crippen molar-refractivity contribution < 1.29 is 23.9 Å². The maximum Gasteiger partial charge on any atom is 0.407 e. The van der Waals surface area contributed by atoms with Gasteiger partial charge in [-0.25, -0.2) is 9.59 Å². The van der Waals surface area contributed by atoms with Crippen molar-refractivity contribution >= 4 is 29.3 Å². The molecule has 30 heavy (non-hydrogen) atoms. The van der Waals surface area contributed by atoms with Gasteiger partial charge in [-0.3, -0.25) is 4.79 Å². The van der Waals surface area contributed by atoms with Gasteiger partial charge in [0.25, 0.3) is 5.91 Å². The van der Waals surface area contributed by atoms with Crippen LogP contribution in [0.2, 0.25) is 0 Å². The highest BCUT2D eigenvalue weighted by Crippen LogP contribution is 2.24. The lowest BCUT2D eigenvalue weighted by atomic mass is 10.1. The number of rotatable bonds is 5. The Bertz CT molecular complexity index is 914. The van der Waals surface area contributed by atoms with Crippen LogP contribution in [0.25, 0.3) is 0 Å². The summed E-state index contributed by atoms with van der Waals surface area (Å²) in [5, 5.41) is 4.69. The summed E-state index contributed by atoms with van der Waals surface area (Å²) in [6, 6.07) is 8.69. The van der Waals surface area contributed by atoms with Gasteiger partial charge in [0.05, 0.1) is 5.56 Å². The van der Waals surface area contributed by atoms with E-state index in [9.17, 15) is 14.4 Å². The Hall–Kier alpha value is -2.87. The minimum Gasteiger partial charge on any atom is -0.452 e. The van der Waals surface area contributed by atoms with E-state index in [-0.39, 0.29) is 19.1 Å². The summed E-state index contributed by atoms with van der Waals surface area (Å²) >= 11 is 1.71. The third kappa shape index (κ3) is 6.06. The van der Waals surface area contributed by atoms with Crippen LogP contribution in [0, 0.1) is 0 Å². The molecule has 0 unspecified atom stereocenters. The minimum absolute atomic E-state index is 0.196. The number of esters is 1. The smallest absolute Gasteiger partial charge is 0.407 e. The molecule has 1 aromatic heterocycles. The van der Waals surface area contributed by atoms with E-state index in [1.807, 2.05) is 11.4 Å². The zero-order valence-corrected chi connectivity index (χ0v) is 18.2. The highest BCUT2D eigenvalue weighted by Gasteiger charge is 2.22. The van der Waals surface area contributed by atoms with Crippen molar-refractivity contribution in [2.45, 2.75) is 45.9 Å². The van der Waals surface area contributed by atoms with Crippen LogP contribution in [0.1, 0.15) is 47.1 Å². The molecule has 1 aliphatic heterocycles. The van der Waals surface area contributed by atoms with Gasteiger partial charge in [-0.15, -0.1) is 11.3 Å². The number of ether oxygens (including phenoxy) is 2. The van der Waals surface area contributed by atoms with Crippen LogP contribution in [0.5, 0.6) is 0 Å². The van der Waals surface area contributed by atoms with Crippen LogP contribution in [-0.4, -0.2) is 41.6 Å². The Morgan fingerprint density at radius 1 is 1.13 bits per heavy atom. The molecule has 0 fully saturated rings. The van der Waals surface area contributed by atoms with Gasteiger partial charge in [0.15, 0.2) is 6.61 Å². The molecule has 0 aliphatic carbocycles. The standard InChI is InChI=1S/C22H26N2O5S/c1-22(2,3)29-21(27)23-12-15-4-6-16(7-5-15)20(26)28-14-19(25)24-10-8-18-17(13-24)9-11-30-18/h4-7,9,11H,8,10,12-14H2,1-3H3,(H,23,27). The molecule has 1 aromatic carbocycles. The Balaban J connectivity index is 1.44. The number of carbonyl (C=O) groups excluding carboxylic acids is 3. The summed E-state index contributed by atoms with van der Waals surface area (Å²) in [4.78, 5) is 39.3. The minimum atomic E-state index is -0.560. The monoisotopic (exact) mass is 430 g/mol. The SMILES string of the molecule is CC(C)(C)OC(=O)NCc1ccc(C(=O)OCC(=O)N2CCc3sccc3C2)cc1. The molecule has 8 heteroatoms. The highest BCUT2D eigenvalue weighted by molar-refractivity contribution is 7.10. The van der Waals surface area contributed by atoms with E-state index < -0.39 is 17.7 Å². The van der Waals surface area contributed by atoms with Gasteiger partial charge >= 0.3 is 12.1 Å². The lowest BCUT2D eigenvalue weighted by Gasteiger charge is -2.26. The van der Waals surface area contributed by atoms with Gasteiger partial charge < -0.3 is 19.7 Å². The molecule has 0 atom stereocenters. The van der Waals surface area contributed by atoms with Crippen LogP contribution in [0.15, 0.2) is 35.7 Å². The second-order valence-corrected chi connectivity index (χ2v) is 9.06. The van der Waals surface area contributed by atoms with Crippen molar-refractivity contribution in [2.75, 3.05) is 13.2 Å². The van der Waals surface area contributed by atoms with E-state index in [0.717, 1.165) is 12.0 Å². The number of nitrogens with zero attached hydrogens (tertiary/aromatic N) is 1. The molecule has 0 bridgehead atoms. The zero-order valence-electron chi connectivity index (χ0n) is 17.4. The first-order valence-corrected chi connectivity index (χ1v) is 10.7. The molecule has 0 saturated carbocycles. The van der Waals surface area contributed by atoms with Gasteiger partial charge in [-0.2, -0.15) is 0 Å². The molecule has 1 aliphatic rings. The molecule has 0 saturated heterocycles. The van der Waals surface area contributed by atoms with E-state index >= 15 is 0 Å². The summed E-state index contributed by atoms with van der Waals surface area (Å²) < 4.78 is 10.4. The Kier molecular flexibility index (Phi) is 6.77. The molecule has 2 amide bonds. The first-order valence-electron chi connectivity index (χ1n) is 9.77. The average Bonchev–Trinajstić information content (AvgIpc) is 3.17. The summed E-state index contributed by atoms with van der Waals surface area (Å²) in [5.41, 5.74) is 1.77. The summed E-state index contributed by atoms with van der Waals surface area (Å²) in [6.45, 7) is 6.59. The van der Waals surface area contributed by atoms with Gasteiger partial charge in [0.1, 0.15) is 5.60 Å². The lowest BCUT2D eigenvalue weighted by Crippen LogP contribution is -2.38. The number of nitrogens with one attached hydrogen (secondary N) is 1. The second-order valence-electron chi connectivity index (χ2n) is 8.06. The van der Waals surface area contributed by atoms with E-state index in [1.165, 1.54) is 10.4 Å². The second kappa shape index (κ2) is 9.30. The Labute approximate surface area is 180 Å². The predicted molar refractivity (Wildman–Crippen MR) is 113 cm³/mol. The van der Waals surface area contributed by atoms with Crippen molar-refractivity contribution in [1.82, 2.24) is 10.2 Å². The maximum absolute atomic E-state index is 12.4. The van der Waals surface area contributed by atoms with Gasteiger partial charge in [0.2, 0.25) is 0 Å². The topological polar surface area (TPSA) is 84.9 Å². The van der Waals surface area contributed by atoms with Crippen LogP contribution >= 0.6 is 11.3 Å². The summed E-state index contributed by atoms with van der Waals surface area (Å²) in [6.07, 6.45) is 0.336. The normalized spacial score (nSPS) is 13.4. The van der Waals surface area contributed by atoms with Crippen LogP contribution in [0.4, 0.5) is 4.79 Å². The van der Waals surface area contributed by atoms with Crippen LogP contribution in [-0.2, 0) is 33.8 Å². The van der Waals surface area contributed by atoms with Gasteiger partial charge in [-0.1, -0.05) is 12.1 Å². The molecule has 3 rings (SSSR count). The zero-order chi connectivity index (χ0) is 21.7. The molecule has 7 nitrogen and oxygen atoms in total. The fourth-order valence-electron chi connectivity index (χ4n) is 3.01. The fraction of sp³-hybridized carbons (Fsp3) is 0.409. The van der Waals surface area contributed by atoms with E-state index in [0.29, 0.717) is 18.7 Å². The van der Waals surface area contributed by atoms with Gasteiger partial charge in [-0.05, 0) is 61.9 Å². The molecule has 0 radical (unpaired) electrons. The van der Waals surface area contributed by atoms with Gasteiger partial charge in [0, 0.05) is 24.5 Å². The molecule has 2 aromatic rings. The Morgan fingerprint density at radius 2 is 1.87 bits per heavy atom. The van der Waals surface area contributed by atoms with E-state index in [2.05, 4.69) is 5.32 Å². The predicted octanol–water partition coefficient (Wildman–Crippen LogP) is 3.51. The molecule has 2 heterocycles. The number of amides is 2. The number of thiophene rings is 1. The largest absolute Gasteiger partial charge is 0.452 e. The van der Waals surface area contributed by atoms with Crippen molar-refractivity contribution in [1.29, 1.82) is 0 Å². The highest BCUT2D eigenvalue weighted by atomic mass is 32.1. The molecular formula is C22H26N2O5S. The quantitative estimate of drug-likeness (QED) is 0.734. The summed E-state index contributed by atoms with van der Waals surface area (Å²) in [5.74, 6) is -0.749. The van der Waals surface area contributed by atoms with Crippen molar-refractivity contribution in [3.63, 3.8) is 0 Å². The van der Waals surface area contributed by atoms with Crippen LogP contribution < -0.4 is 5.32 Å². The first kappa shape index (κ1) is 21.8. The lowest BCUT2D eigenvalue weighted by molar-refractivity contribution is -0.135. The molecule has 1 N–H and O–H groups in total. The maximum atomic E-state index is 12.4.